The molecule has 0 spiro atoms. The highest BCUT2D eigenvalue weighted by Gasteiger charge is 2.24. The smallest absolute Gasteiger partial charge is 0.363 e. The van der Waals surface area contributed by atoms with Gasteiger partial charge in [-0.25, -0.2) is 9.79 Å². The van der Waals surface area contributed by atoms with Gasteiger partial charge >= 0.3 is 5.97 Å². The van der Waals surface area contributed by atoms with Crippen molar-refractivity contribution in [1.29, 1.82) is 0 Å². The first kappa shape index (κ1) is 18.7. The Morgan fingerprint density at radius 3 is 2.52 bits per heavy atom. The number of carbonyl (C=O) groups is 1. The molecule has 0 fully saturated rings. The fourth-order valence-corrected chi connectivity index (χ4v) is 2.81. The standard InChI is InChI=1S/C22H23NO4/c1-4-5-6-15-7-9-16(10-8-15)21-23-19(22(24)27-21)13-17-11-12-18(25-2)14-20(17)26-3/h7-14H,4-6H2,1-3H3. The third-order valence-corrected chi connectivity index (χ3v) is 4.37. The van der Waals surface area contributed by atoms with Crippen LogP contribution in [0.5, 0.6) is 11.5 Å². The number of aliphatic imine (C=N–C) groups is 1. The lowest BCUT2D eigenvalue weighted by molar-refractivity contribution is -0.129. The molecule has 5 heteroatoms. The summed E-state index contributed by atoms with van der Waals surface area (Å²) in [5.74, 6) is 1.12. The number of esters is 1. The molecule has 0 saturated carbocycles. The Bertz CT molecular complexity index is 882. The van der Waals surface area contributed by atoms with Gasteiger partial charge in [0.25, 0.3) is 0 Å². The highest BCUT2D eigenvalue weighted by Crippen LogP contribution is 2.28. The third-order valence-electron chi connectivity index (χ3n) is 4.37. The van der Waals surface area contributed by atoms with Crippen molar-refractivity contribution in [2.24, 2.45) is 4.99 Å². The molecule has 0 aromatic heterocycles. The summed E-state index contributed by atoms with van der Waals surface area (Å²) in [6.07, 6.45) is 5.02. The number of methoxy groups -OCH3 is 2. The summed E-state index contributed by atoms with van der Waals surface area (Å²) in [5, 5.41) is 0. The summed E-state index contributed by atoms with van der Waals surface area (Å²) >= 11 is 0. The Kier molecular flexibility index (Phi) is 5.91. The van der Waals surface area contributed by atoms with Gasteiger partial charge in [0.05, 0.1) is 14.2 Å². The molecule has 0 saturated heterocycles. The SMILES string of the molecule is CCCCc1ccc(C2=NC(=Cc3ccc(OC)cc3OC)C(=O)O2)cc1. The Morgan fingerprint density at radius 2 is 1.85 bits per heavy atom. The van der Waals surface area contributed by atoms with Crippen molar-refractivity contribution >= 4 is 17.9 Å². The molecule has 0 bridgehead atoms. The number of aryl methyl sites for hydroxylation is 1. The lowest BCUT2D eigenvalue weighted by atomic mass is 10.1. The van der Waals surface area contributed by atoms with Crippen LogP contribution in [0, 0.1) is 0 Å². The monoisotopic (exact) mass is 365 g/mol. The molecular formula is C22H23NO4. The van der Waals surface area contributed by atoms with E-state index in [9.17, 15) is 4.79 Å². The molecule has 2 aromatic rings. The number of ether oxygens (including phenoxy) is 3. The molecule has 0 N–H and O–H groups in total. The number of nitrogens with zero attached hydrogens (tertiary/aromatic N) is 1. The van der Waals surface area contributed by atoms with Crippen molar-refractivity contribution in [2.45, 2.75) is 26.2 Å². The minimum absolute atomic E-state index is 0.239. The van der Waals surface area contributed by atoms with Crippen LogP contribution in [0.3, 0.4) is 0 Å². The Morgan fingerprint density at radius 1 is 1.07 bits per heavy atom. The molecule has 1 aliphatic rings. The van der Waals surface area contributed by atoms with Gasteiger partial charge in [-0.05, 0) is 48.7 Å². The molecule has 1 heterocycles. The summed E-state index contributed by atoms with van der Waals surface area (Å²) in [6, 6.07) is 13.3. The molecule has 0 aliphatic carbocycles. The third kappa shape index (κ3) is 4.37. The Labute approximate surface area is 159 Å². The second kappa shape index (κ2) is 8.54. The normalized spacial score (nSPS) is 14.9. The van der Waals surface area contributed by atoms with Crippen LogP contribution in [0.2, 0.25) is 0 Å². The Hall–Kier alpha value is -3.08. The van der Waals surface area contributed by atoms with Crippen molar-refractivity contribution in [1.82, 2.24) is 0 Å². The molecule has 5 nitrogen and oxygen atoms in total. The number of benzene rings is 2. The minimum atomic E-state index is -0.474. The minimum Gasteiger partial charge on any atom is -0.497 e. The maximum Gasteiger partial charge on any atom is 0.363 e. The quantitative estimate of drug-likeness (QED) is 0.539. The van der Waals surface area contributed by atoms with Crippen LogP contribution in [0.25, 0.3) is 6.08 Å². The van der Waals surface area contributed by atoms with Gasteiger partial charge in [0.2, 0.25) is 5.90 Å². The lowest BCUT2D eigenvalue weighted by Gasteiger charge is -2.07. The highest BCUT2D eigenvalue weighted by atomic mass is 16.6. The summed E-state index contributed by atoms with van der Waals surface area (Å²) in [4.78, 5) is 16.6. The first-order chi connectivity index (χ1) is 13.1. The van der Waals surface area contributed by atoms with Gasteiger partial charge in [0.1, 0.15) is 11.5 Å². The summed E-state index contributed by atoms with van der Waals surface area (Å²) in [7, 11) is 3.16. The van der Waals surface area contributed by atoms with Crippen molar-refractivity contribution in [3.05, 3.63) is 64.9 Å². The number of unbranched alkanes of at least 4 members (excludes halogenated alkanes) is 1. The van der Waals surface area contributed by atoms with E-state index in [1.54, 1.807) is 32.4 Å². The Balaban J connectivity index is 1.85. The van der Waals surface area contributed by atoms with Crippen LogP contribution in [0.15, 0.2) is 53.2 Å². The van der Waals surface area contributed by atoms with Crippen LogP contribution in [0.1, 0.15) is 36.5 Å². The fraction of sp³-hybridized carbons (Fsp3) is 0.273. The molecule has 3 rings (SSSR count). The van der Waals surface area contributed by atoms with Gasteiger partial charge < -0.3 is 14.2 Å². The van der Waals surface area contributed by atoms with Crippen molar-refractivity contribution in [3.8, 4) is 11.5 Å². The maximum atomic E-state index is 12.2. The van der Waals surface area contributed by atoms with E-state index in [0.29, 0.717) is 17.4 Å². The number of cyclic esters (lactones) is 1. The number of hydrogen-bond acceptors (Lipinski definition) is 5. The second-order valence-electron chi connectivity index (χ2n) is 6.24. The molecule has 0 atom stereocenters. The molecule has 0 amide bonds. The van der Waals surface area contributed by atoms with Crippen LogP contribution < -0.4 is 9.47 Å². The zero-order valence-corrected chi connectivity index (χ0v) is 15.8. The van der Waals surface area contributed by atoms with Crippen molar-refractivity contribution in [2.75, 3.05) is 14.2 Å². The number of carbonyl (C=O) groups excluding carboxylic acids is 1. The van der Waals surface area contributed by atoms with Crippen LogP contribution in [-0.2, 0) is 16.0 Å². The van der Waals surface area contributed by atoms with E-state index in [-0.39, 0.29) is 5.70 Å². The van der Waals surface area contributed by atoms with Gasteiger partial charge in [-0.3, -0.25) is 0 Å². The predicted molar refractivity (Wildman–Crippen MR) is 105 cm³/mol. The topological polar surface area (TPSA) is 57.1 Å². The van der Waals surface area contributed by atoms with E-state index in [1.165, 1.54) is 5.56 Å². The summed E-state index contributed by atoms with van der Waals surface area (Å²) in [6.45, 7) is 2.17. The zero-order valence-electron chi connectivity index (χ0n) is 15.8. The van der Waals surface area contributed by atoms with E-state index in [1.807, 2.05) is 18.2 Å². The summed E-state index contributed by atoms with van der Waals surface area (Å²) < 4.78 is 15.9. The predicted octanol–water partition coefficient (Wildman–Crippen LogP) is 4.39. The first-order valence-corrected chi connectivity index (χ1v) is 8.98. The second-order valence-corrected chi connectivity index (χ2v) is 6.24. The van der Waals surface area contributed by atoms with Gasteiger partial charge in [-0.1, -0.05) is 25.5 Å². The molecule has 140 valence electrons. The lowest BCUT2D eigenvalue weighted by Crippen LogP contribution is -2.05. The van der Waals surface area contributed by atoms with Gasteiger partial charge in [-0.2, -0.15) is 0 Å². The molecule has 0 radical (unpaired) electrons. The largest absolute Gasteiger partial charge is 0.497 e. The average Bonchev–Trinajstić information content (AvgIpc) is 3.07. The first-order valence-electron chi connectivity index (χ1n) is 8.98. The average molecular weight is 365 g/mol. The van der Waals surface area contributed by atoms with Gasteiger partial charge in [0.15, 0.2) is 5.70 Å². The van der Waals surface area contributed by atoms with Crippen LogP contribution >= 0.6 is 0 Å². The van der Waals surface area contributed by atoms with Crippen LogP contribution in [-0.4, -0.2) is 26.1 Å². The van der Waals surface area contributed by atoms with E-state index >= 15 is 0 Å². The number of rotatable bonds is 7. The van der Waals surface area contributed by atoms with E-state index in [4.69, 9.17) is 14.2 Å². The van der Waals surface area contributed by atoms with Gasteiger partial charge in [-0.15, -0.1) is 0 Å². The number of hydrogen-bond donors (Lipinski definition) is 0. The van der Waals surface area contributed by atoms with E-state index in [0.717, 1.165) is 30.4 Å². The van der Waals surface area contributed by atoms with Crippen LogP contribution in [0.4, 0.5) is 0 Å². The maximum absolute atomic E-state index is 12.2. The van der Waals surface area contributed by atoms with Crippen molar-refractivity contribution in [3.63, 3.8) is 0 Å². The van der Waals surface area contributed by atoms with Crippen molar-refractivity contribution < 1.29 is 19.0 Å². The fourth-order valence-electron chi connectivity index (χ4n) is 2.81. The highest BCUT2D eigenvalue weighted by molar-refractivity contribution is 6.12. The molecular weight excluding hydrogens is 342 g/mol. The molecule has 27 heavy (non-hydrogen) atoms. The zero-order chi connectivity index (χ0) is 19.2. The summed E-state index contributed by atoms with van der Waals surface area (Å²) in [5.41, 5.74) is 3.02. The molecule has 0 unspecified atom stereocenters. The van der Waals surface area contributed by atoms with Gasteiger partial charge in [0, 0.05) is 17.2 Å². The molecule has 2 aromatic carbocycles. The van der Waals surface area contributed by atoms with E-state index < -0.39 is 5.97 Å². The van der Waals surface area contributed by atoms with E-state index in [2.05, 4.69) is 24.0 Å². The molecule has 1 aliphatic heterocycles.